The Bertz CT molecular complexity index is 1420. The van der Waals surface area contributed by atoms with E-state index in [1.54, 1.807) is 0 Å². The van der Waals surface area contributed by atoms with Crippen molar-refractivity contribution in [1.82, 2.24) is 0 Å². The Kier molecular flexibility index (Phi) is 7.63. The molecular weight excluding hydrogens is 457 g/mol. The molecular formula is C31H21F3N2. The highest BCUT2D eigenvalue weighted by Crippen LogP contribution is 2.30. The maximum absolute atomic E-state index is 13.0. The number of rotatable bonds is 5. The van der Waals surface area contributed by atoms with Crippen molar-refractivity contribution < 1.29 is 13.2 Å². The molecule has 0 aliphatic rings. The van der Waals surface area contributed by atoms with Crippen LogP contribution in [-0.4, -0.2) is 5.71 Å². The first kappa shape index (κ1) is 24.5. The number of benzene rings is 4. The number of aliphatic imine (C=N–C) groups is 1. The van der Waals surface area contributed by atoms with Gasteiger partial charge < -0.3 is 0 Å². The van der Waals surface area contributed by atoms with Gasteiger partial charge in [-0.1, -0.05) is 84.6 Å². The fourth-order valence-corrected chi connectivity index (χ4v) is 3.67. The van der Waals surface area contributed by atoms with Gasteiger partial charge in [0.1, 0.15) is 11.8 Å². The van der Waals surface area contributed by atoms with Crippen molar-refractivity contribution >= 4 is 5.71 Å². The van der Waals surface area contributed by atoms with Crippen LogP contribution in [0.25, 0.3) is 0 Å². The first-order valence-corrected chi connectivity index (χ1v) is 11.3. The van der Waals surface area contributed by atoms with E-state index >= 15 is 0 Å². The van der Waals surface area contributed by atoms with Gasteiger partial charge in [0, 0.05) is 16.7 Å². The molecule has 0 aliphatic heterocycles. The Morgan fingerprint density at radius 1 is 0.722 bits per heavy atom. The molecule has 0 unspecified atom stereocenters. The molecule has 0 aliphatic carbocycles. The third-order valence-electron chi connectivity index (χ3n) is 5.57. The van der Waals surface area contributed by atoms with E-state index in [-0.39, 0.29) is 5.71 Å². The van der Waals surface area contributed by atoms with Crippen molar-refractivity contribution in [3.63, 3.8) is 0 Å². The molecule has 0 radical (unpaired) electrons. The summed E-state index contributed by atoms with van der Waals surface area (Å²) in [6.07, 6.45) is -3.91. The summed E-state index contributed by atoms with van der Waals surface area (Å²) in [6.45, 7) is 0. The van der Waals surface area contributed by atoms with Gasteiger partial charge in [0.25, 0.3) is 0 Å². The van der Waals surface area contributed by atoms with Gasteiger partial charge >= 0.3 is 6.18 Å². The van der Waals surface area contributed by atoms with Crippen LogP contribution >= 0.6 is 0 Å². The summed E-state index contributed by atoms with van der Waals surface area (Å²) >= 11 is 0. The molecule has 0 heterocycles. The van der Waals surface area contributed by atoms with Crippen LogP contribution < -0.4 is 0 Å². The van der Waals surface area contributed by atoms with Gasteiger partial charge in [0.05, 0.1) is 11.6 Å². The quantitative estimate of drug-likeness (QED) is 0.217. The Balaban J connectivity index is 1.65. The number of halogens is 3. The molecule has 4 aromatic rings. The van der Waals surface area contributed by atoms with Gasteiger partial charge in [-0.3, -0.25) is 4.99 Å². The van der Waals surface area contributed by atoms with Crippen LogP contribution in [0, 0.1) is 23.2 Å². The van der Waals surface area contributed by atoms with Gasteiger partial charge in [-0.05, 0) is 53.9 Å². The minimum Gasteiger partial charge on any atom is -0.265 e. The van der Waals surface area contributed by atoms with Crippen molar-refractivity contribution in [2.24, 2.45) is 4.99 Å². The van der Waals surface area contributed by atoms with E-state index in [1.165, 1.54) is 12.1 Å². The zero-order chi connectivity index (χ0) is 25.4. The minimum absolute atomic E-state index is 0.0811. The topological polar surface area (TPSA) is 36.1 Å². The maximum atomic E-state index is 13.0. The molecule has 5 heteroatoms. The molecule has 4 rings (SSSR count). The van der Waals surface area contributed by atoms with Crippen molar-refractivity contribution in [2.75, 3.05) is 0 Å². The Hall–Kier alpha value is -4.61. The average molecular weight is 479 g/mol. The largest absolute Gasteiger partial charge is 0.416 e. The van der Waals surface area contributed by atoms with Crippen molar-refractivity contribution in [3.05, 3.63) is 143 Å². The van der Waals surface area contributed by atoms with Gasteiger partial charge in [0.15, 0.2) is 0 Å². The second-order valence-corrected chi connectivity index (χ2v) is 8.11. The fraction of sp³-hybridized carbons (Fsp3) is 0.0968. The summed E-state index contributed by atoms with van der Waals surface area (Å²) in [4.78, 5) is 4.68. The molecule has 0 N–H and O–H groups in total. The summed E-state index contributed by atoms with van der Waals surface area (Å²) in [7, 11) is 0. The number of hydrogen-bond acceptors (Lipinski definition) is 2. The lowest BCUT2D eigenvalue weighted by Gasteiger charge is -2.15. The predicted molar refractivity (Wildman–Crippen MR) is 135 cm³/mol. The van der Waals surface area contributed by atoms with E-state index in [0.29, 0.717) is 12.0 Å². The second kappa shape index (κ2) is 11.2. The van der Waals surface area contributed by atoms with Gasteiger partial charge in [-0.2, -0.15) is 18.4 Å². The summed E-state index contributed by atoms with van der Waals surface area (Å²) in [5.74, 6) is 6.27. The molecule has 4 aromatic carbocycles. The SMILES string of the molecule is N#CC(=N[C@H](Cc1ccccc1)c1ccc(C#Cc2ccccc2)cc1)c1ccc(C(F)(F)F)cc1. The standard InChI is InChI=1S/C31H21F3N2/c32-31(33,34)28-19-17-27(18-20-28)30(22-35)36-29(21-25-9-5-2-6-10-25)26-15-13-24(14-16-26)12-11-23-7-3-1-4-8-23/h1-10,13-20,29H,21H2/t29-/m1/s1. The van der Waals surface area contributed by atoms with Crippen LogP contribution in [0.1, 0.15) is 39.4 Å². The van der Waals surface area contributed by atoms with Gasteiger partial charge in [-0.25, -0.2) is 0 Å². The van der Waals surface area contributed by atoms with Crippen LogP contribution in [0.2, 0.25) is 0 Å². The smallest absolute Gasteiger partial charge is 0.265 e. The van der Waals surface area contributed by atoms with Crippen molar-refractivity contribution in [2.45, 2.75) is 18.6 Å². The molecule has 0 saturated carbocycles. The van der Waals surface area contributed by atoms with Crippen molar-refractivity contribution in [3.8, 4) is 17.9 Å². The van der Waals surface area contributed by atoms with E-state index in [0.717, 1.165) is 34.4 Å². The molecule has 0 saturated heterocycles. The summed E-state index contributed by atoms with van der Waals surface area (Å²) < 4.78 is 38.9. The molecule has 0 amide bonds. The maximum Gasteiger partial charge on any atom is 0.416 e. The highest BCUT2D eigenvalue weighted by atomic mass is 19.4. The van der Waals surface area contributed by atoms with Gasteiger partial charge in [0.2, 0.25) is 0 Å². The molecule has 0 aromatic heterocycles. The third-order valence-corrected chi connectivity index (χ3v) is 5.57. The zero-order valence-corrected chi connectivity index (χ0v) is 19.2. The summed E-state index contributed by atoms with van der Waals surface area (Å²) in [5, 5.41) is 9.77. The lowest BCUT2D eigenvalue weighted by atomic mass is 9.97. The van der Waals surface area contributed by atoms with E-state index in [2.05, 4.69) is 22.9 Å². The molecule has 0 spiro atoms. The highest BCUT2D eigenvalue weighted by Gasteiger charge is 2.30. The lowest BCUT2D eigenvalue weighted by Crippen LogP contribution is -2.08. The zero-order valence-electron chi connectivity index (χ0n) is 19.2. The first-order valence-electron chi connectivity index (χ1n) is 11.3. The van der Waals surface area contributed by atoms with Crippen LogP contribution in [0.5, 0.6) is 0 Å². The third kappa shape index (κ3) is 6.50. The lowest BCUT2D eigenvalue weighted by molar-refractivity contribution is -0.137. The Morgan fingerprint density at radius 3 is 1.83 bits per heavy atom. The number of nitrogens with zero attached hydrogens (tertiary/aromatic N) is 2. The van der Waals surface area contributed by atoms with E-state index in [4.69, 9.17) is 0 Å². The molecule has 1 atom stereocenters. The number of alkyl halides is 3. The summed E-state index contributed by atoms with van der Waals surface area (Å²) in [5.41, 5.74) is 3.33. The molecule has 176 valence electrons. The van der Waals surface area contributed by atoms with Crippen LogP contribution in [0.4, 0.5) is 13.2 Å². The monoisotopic (exact) mass is 478 g/mol. The normalized spacial score (nSPS) is 12.2. The predicted octanol–water partition coefficient (Wildman–Crippen LogP) is 7.40. The van der Waals surface area contributed by atoms with Gasteiger partial charge in [-0.15, -0.1) is 0 Å². The molecule has 2 nitrogen and oxygen atoms in total. The van der Waals surface area contributed by atoms with Crippen molar-refractivity contribution in [1.29, 1.82) is 5.26 Å². The molecule has 0 bridgehead atoms. The number of nitriles is 1. The first-order chi connectivity index (χ1) is 17.4. The van der Waals surface area contributed by atoms with Crippen LogP contribution in [0.3, 0.4) is 0 Å². The second-order valence-electron chi connectivity index (χ2n) is 8.11. The van der Waals surface area contributed by atoms with Crippen LogP contribution in [-0.2, 0) is 12.6 Å². The van der Waals surface area contributed by atoms with E-state index < -0.39 is 17.8 Å². The Labute approximate surface area is 208 Å². The van der Waals surface area contributed by atoms with E-state index in [1.807, 2.05) is 84.9 Å². The minimum atomic E-state index is -4.44. The summed E-state index contributed by atoms with van der Waals surface area (Å²) in [6, 6.07) is 33.2. The average Bonchev–Trinajstić information content (AvgIpc) is 2.91. The van der Waals surface area contributed by atoms with E-state index in [9.17, 15) is 18.4 Å². The van der Waals surface area contributed by atoms with Crippen LogP contribution in [0.15, 0.2) is 114 Å². The molecule has 0 fully saturated rings. The number of hydrogen-bond donors (Lipinski definition) is 0. The molecule has 36 heavy (non-hydrogen) atoms. The Morgan fingerprint density at radius 2 is 1.28 bits per heavy atom. The fourth-order valence-electron chi connectivity index (χ4n) is 3.67. The highest BCUT2D eigenvalue weighted by molar-refractivity contribution is 6.11.